The first-order valence-electron chi connectivity index (χ1n) is 11.9. The van der Waals surface area contributed by atoms with Crippen molar-refractivity contribution in [2.24, 2.45) is 0 Å². The second kappa shape index (κ2) is 9.40. The van der Waals surface area contributed by atoms with Crippen LogP contribution in [0.4, 0.5) is 5.13 Å². The molecule has 4 heterocycles. The molecule has 11 heteroatoms. The number of pyridine rings is 1. The molecule has 186 valence electrons. The summed E-state index contributed by atoms with van der Waals surface area (Å²) in [5.41, 5.74) is 3.21. The number of nitrogens with one attached hydrogen (secondary N) is 1. The number of carbonyl (C=O) groups excluding carboxylic acids is 1. The quantitative estimate of drug-likeness (QED) is 0.398. The second-order valence-electron chi connectivity index (χ2n) is 8.95. The van der Waals surface area contributed by atoms with Gasteiger partial charge < -0.3 is 9.72 Å². The van der Waals surface area contributed by atoms with Crippen LogP contribution >= 0.6 is 11.3 Å². The minimum absolute atomic E-state index is 0.0834. The van der Waals surface area contributed by atoms with Gasteiger partial charge in [-0.1, -0.05) is 12.1 Å². The molecule has 1 N–H and O–H groups in total. The summed E-state index contributed by atoms with van der Waals surface area (Å²) < 4.78 is 32.9. The molecular weight excluding hydrogens is 498 g/mol. The Morgan fingerprint density at radius 3 is 2.83 bits per heavy atom. The lowest BCUT2D eigenvalue weighted by atomic mass is 10.1. The Kier molecular flexibility index (Phi) is 6.08. The minimum Gasteiger partial charge on any atom is -0.379 e. The van der Waals surface area contributed by atoms with Gasteiger partial charge in [-0.05, 0) is 42.7 Å². The van der Waals surface area contributed by atoms with E-state index in [2.05, 4.69) is 9.97 Å². The lowest BCUT2D eigenvalue weighted by Crippen LogP contribution is -2.40. The number of fused-ring (bicyclic) bond motifs is 1. The van der Waals surface area contributed by atoms with E-state index in [-0.39, 0.29) is 23.3 Å². The van der Waals surface area contributed by atoms with Gasteiger partial charge in [0.25, 0.3) is 0 Å². The summed E-state index contributed by atoms with van der Waals surface area (Å²) in [5.74, 6) is -0.0834. The fraction of sp³-hybridized carbons (Fsp3) is 0.320. The van der Waals surface area contributed by atoms with Crippen molar-refractivity contribution in [3.8, 4) is 11.3 Å². The third-order valence-corrected chi connectivity index (χ3v) is 9.20. The van der Waals surface area contributed by atoms with E-state index in [9.17, 15) is 13.2 Å². The molecule has 1 saturated heterocycles. The molecule has 36 heavy (non-hydrogen) atoms. The Hall–Kier alpha value is -3.12. The van der Waals surface area contributed by atoms with Gasteiger partial charge in [-0.2, -0.15) is 4.31 Å². The molecule has 1 aliphatic heterocycles. The summed E-state index contributed by atoms with van der Waals surface area (Å²) in [5, 5.41) is 3.60. The van der Waals surface area contributed by atoms with Crippen molar-refractivity contribution < 1.29 is 17.9 Å². The molecule has 1 amide bonds. The number of hydrogen-bond donors (Lipinski definition) is 1. The van der Waals surface area contributed by atoms with Gasteiger partial charge in [-0.15, -0.1) is 11.3 Å². The number of thiazole rings is 1. The molecule has 0 spiro atoms. The second-order valence-corrected chi connectivity index (χ2v) is 11.7. The van der Waals surface area contributed by atoms with Crippen molar-refractivity contribution >= 4 is 43.4 Å². The first-order valence-corrected chi connectivity index (χ1v) is 14.2. The SMILES string of the molecule is O=C(Cc1cccc(S(=O)(=O)N2CCOCC2)c1)N(c1nc(-c2c[nH]c3ncccc23)cs1)C1CC1. The van der Waals surface area contributed by atoms with Crippen LogP contribution < -0.4 is 4.90 Å². The Morgan fingerprint density at radius 2 is 2.03 bits per heavy atom. The van der Waals surface area contributed by atoms with Gasteiger partial charge in [0.05, 0.1) is 30.2 Å². The highest BCUT2D eigenvalue weighted by molar-refractivity contribution is 7.89. The molecule has 1 aliphatic carbocycles. The van der Waals surface area contributed by atoms with Gasteiger partial charge >= 0.3 is 0 Å². The number of hydrogen-bond acceptors (Lipinski definition) is 7. The summed E-state index contributed by atoms with van der Waals surface area (Å²) in [6, 6.07) is 10.7. The number of anilines is 1. The predicted octanol–water partition coefficient (Wildman–Crippen LogP) is 3.45. The summed E-state index contributed by atoms with van der Waals surface area (Å²) in [6.07, 6.45) is 5.60. The molecule has 2 aliphatic rings. The third-order valence-electron chi connectivity index (χ3n) is 6.47. The van der Waals surface area contributed by atoms with E-state index in [1.165, 1.54) is 15.6 Å². The van der Waals surface area contributed by atoms with Crippen LogP contribution in [0.3, 0.4) is 0 Å². The molecule has 0 atom stereocenters. The van der Waals surface area contributed by atoms with Gasteiger partial charge in [-0.3, -0.25) is 9.69 Å². The number of aromatic nitrogens is 3. The first-order chi connectivity index (χ1) is 17.5. The first kappa shape index (κ1) is 23.3. The average Bonchev–Trinajstić information content (AvgIpc) is 3.44. The minimum atomic E-state index is -3.63. The monoisotopic (exact) mass is 523 g/mol. The lowest BCUT2D eigenvalue weighted by Gasteiger charge is -2.26. The maximum Gasteiger partial charge on any atom is 0.243 e. The van der Waals surface area contributed by atoms with Gasteiger partial charge in [0.2, 0.25) is 15.9 Å². The Morgan fingerprint density at radius 1 is 1.19 bits per heavy atom. The highest BCUT2D eigenvalue weighted by Crippen LogP contribution is 2.37. The number of sulfonamides is 1. The number of rotatable bonds is 7. The molecule has 0 radical (unpaired) electrons. The van der Waals surface area contributed by atoms with Crippen molar-refractivity contribution in [2.45, 2.75) is 30.2 Å². The number of benzene rings is 1. The normalized spacial score (nSPS) is 16.9. The molecule has 2 fully saturated rings. The number of carbonyl (C=O) groups is 1. The standard InChI is InChI=1S/C25H25N5O4S2/c31-23(14-17-3-1-4-19(13-17)36(32,33)29-9-11-34-12-10-29)30(18-6-7-18)25-28-22(16-35-25)21-15-27-24-20(21)5-2-8-26-24/h1-5,8,13,15-16,18H,6-7,9-12,14H2,(H,26,27). The van der Waals surface area contributed by atoms with Crippen LogP contribution in [0.2, 0.25) is 0 Å². The summed E-state index contributed by atoms with van der Waals surface area (Å²) in [4.78, 5) is 27.8. The Labute approximate surface area is 212 Å². The van der Waals surface area contributed by atoms with E-state index in [1.54, 1.807) is 35.4 Å². The highest BCUT2D eigenvalue weighted by Gasteiger charge is 2.36. The zero-order valence-corrected chi connectivity index (χ0v) is 21.1. The third kappa shape index (κ3) is 4.43. The maximum atomic E-state index is 13.5. The highest BCUT2D eigenvalue weighted by atomic mass is 32.2. The zero-order chi connectivity index (χ0) is 24.7. The number of amides is 1. The maximum absolute atomic E-state index is 13.5. The molecule has 4 aromatic rings. The topological polar surface area (TPSA) is 108 Å². The van der Waals surface area contributed by atoms with Crippen LogP contribution in [0.5, 0.6) is 0 Å². The number of morpholine rings is 1. The van der Waals surface area contributed by atoms with Crippen LogP contribution in [0.15, 0.2) is 59.1 Å². The van der Waals surface area contributed by atoms with Crippen LogP contribution in [-0.4, -0.2) is 65.9 Å². The van der Waals surface area contributed by atoms with E-state index in [0.29, 0.717) is 37.0 Å². The Bertz CT molecular complexity index is 1520. The van der Waals surface area contributed by atoms with E-state index < -0.39 is 10.0 Å². The largest absolute Gasteiger partial charge is 0.379 e. The van der Waals surface area contributed by atoms with Gasteiger partial charge in [0, 0.05) is 47.9 Å². The molecular formula is C25H25N5O4S2. The Balaban J connectivity index is 1.24. The summed E-state index contributed by atoms with van der Waals surface area (Å²) in [7, 11) is -3.63. The molecule has 0 unspecified atom stereocenters. The van der Waals surface area contributed by atoms with E-state index in [1.807, 2.05) is 23.7 Å². The number of nitrogens with zero attached hydrogens (tertiary/aromatic N) is 4. The van der Waals surface area contributed by atoms with Crippen molar-refractivity contribution in [3.05, 3.63) is 59.7 Å². The average molecular weight is 524 g/mol. The van der Waals surface area contributed by atoms with Crippen molar-refractivity contribution in [2.75, 3.05) is 31.2 Å². The molecule has 1 saturated carbocycles. The van der Waals surface area contributed by atoms with E-state index >= 15 is 0 Å². The van der Waals surface area contributed by atoms with Gasteiger partial charge in [0.15, 0.2) is 5.13 Å². The fourth-order valence-corrected chi connectivity index (χ4v) is 6.87. The number of aromatic amines is 1. The van der Waals surface area contributed by atoms with Crippen LogP contribution in [0.1, 0.15) is 18.4 Å². The number of ether oxygens (including phenoxy) is 1. The molecule has 0 bridgehead atoms. The van der Waals surface area contributed by atoms with Crippen LogP contribution in [-0.2, 0) is 26.0 Å². The predicted molar refractivity (Wildman–Crippen MR) is 137 cm³/mol. The molecule has 9 nitrogen and oxygen atoms in total. The van der Waals surface area contributed by atoms with Gasteiger partial charge in [-0.25, -0.2) is 18.4 Å². The molecule has 3 aromatic heterocycles. The van der Waals surface area contributed by atoms with Crippen molar-refractivity contribution in [1.29, 1.82) is 0 Å². The van der Waals surface area contributed by atoms with Crippen LogP contribution in [0, 0.1) is 0 Å². The van der Waals surface area contributed by atoms with E-state index in [0.717, 1.165) is 35.1 Å². The fourth-order valence-electron chi connectivity index (χ4n) is 4.48. The van der Waals surface area contributed by atoms with Crippen molar-refractivity contribution in [1.82, 2.24) is 19.3 Å². The van der Waals surface area contributed by atoms with E-state index in [4.69, 9.17) is 9.72 Å². The molecule has 1 aromatic carbocycles. The zero-order valence-electron chi connectivity index (χ0n) is 19.5. The van der Waals surface area contributed by atoms with Gasteiger partial charge in [0.1, 0.15) is 5.65 Å². The summed E-state index contributed by atoms with van der Waals surface area (Å²) >= 11 is 1.44. The molecule has 6 rings (SSSR count). The van der Waals surface area contributed by atoms with Crippen molar-refractivity contribution in [3.63, 3.8) is 0 Å². The summed E-state index contributed by atoms with van der Waals surface area (Å²) in [6.45, 7) is 1.44. The van der Waals surface area contributed by atoms with Crippen LogP contribution in [0.25, 0.3) is 22.3 Å². The number of H-pyrrole nitrogens is 1. The lowest BCUT2D eigenvalue weighted by molar-refractivity contribution is -0.118. The smallest absolute Gasteiger partial charge is 0.243 e.